The number of aromatic hydroxyl groups is 1. The number of rotatable bonds is 3. The molecule has 2 rings (SSSR count). The van der Waals surface area contributed by atoms with Gasteiger partial charge in [-0.15, -0.1) is 0 Å². The van der Waals surface area contributed by atoms with Crippen LogP contribution in [0.25, 0.3) is 0 Å². The molecular weight excluding hydrogens is 269 g/mol. The molecule has 0 aromatic heterocycles. The first-order chi connectivity index (χ1) is 8.88. The Balaban J connectivity index is 2.35. The van der Waals surface area contributed by atoms with E-state index >= 15 is 0 Å². The molecule has 2 aromatic carbocycles. The number of phenols is 1. The topological polar surface area (TPSA) is 66.4 Å². The molecule has 0 aliphatic heterocycles. The van der Waals surface area contributed by atoms with Gasteiger partial charge in [-0.05, 0) is 42.8 Å². The van der Waals surface area contributed by atoms with Crippen molar-refractivity contribution in [2.45, 2.75) is 11.8 Å². The third-order valence-corrected chi connectivity index (χ3v) is 3.92. The van der Waals surface area contributed by atoms with Gasteiger partial charge in [0.05, 0.1) is 10.6 Å². The molecule has 0 spiro atoms. The van der Waals surface area contributed by atoms with Gasteiger partial charge in [0.25, 0.3) is 10.0 Å². The lowest BCUT2D eigenvalue weighted by Crippen LogP contribution is -2.13. The Morgan fingerprint density at radius 1 is 1.16 bits per heavy atom. The molecule has 0 atom stereocenters. The standard InChI is InChI=1S/C13H12FNO3S/c1-9-7-12(5-6-13(9)14)19(17,18)15-10-3-2-4-11(16)8-10/h2-8,15-16H,1H3. The van der Waals surface area contributed by atoms with Crippen molar-refractivity contribution in [2.24, 2.45) is 0 Å². The fourth-order valence-electron chi connectivity index (χ4n) is 1.57. The minimum Gasteiger partial charge on any atom is -0.508 e. The molecule has 2 N–H and O–H groups in total. The molecule has 0 aliphatic carbocycles. The SMILES string of the molecule is Cc1cc(S(=O)(=O)Nc2cccc(O)c2)ccc1F. The summed E-state index contributed by atoms with van der Waals surface area (Å²) in [5, 5.41) is 9.28. The first kappa shape index (κ1) is 13.4. The molecule has 0 amide bonds. The quantitative estimate of drug-likeness (QED) is 0.909. The molecule has 0 saturated heterocycles. The maximum atomic E-state index is 13.1. The highest BCUT2D eigenvalue weighted by atomic mass is 32.2. The third-order valence-electron chi connectivity index (χ3n) is 2.54. The van der Waals surface area contributed by atoms with Crippen molar-refractivity contribution in [3.05, 3.63) is 53.8 Å². The lowest BCUT2D eigenvalue weighted by molar-refractivity contribution is 0.475. The van der Waals surface area contributed by atoms with Crippen LogP contribution in [0.1, 0.15) is 5.56 Å². The molecule has 0 radical (unpaired) electrons. The molecule has 4 nitrogen and oxygen atoms in total. The van der Waals surface area contributed by atoms with Crippen molar-refractivity contribution < 1.29 is 17.9 Å². The minimum atomic E-state index is -3.80. The molecule has 19 heavy (non-hydrogen) atoms. The normalized spacial score (nSPS) is 11.3. The molecule has 0 saturated carbocycles. The predicted octanol–water partition coefficient (Wildman–Crippen LogP) is 2.64. The van der Waals surface area contributed by atoms with Gasteiger partial charge in [0.2, 0.25) is 0 Å². The van der Waals surface area contributed by atoms with Crippen LogP contribution in [0.3, 0.4) is 0 Å². The van der Waals surface area contributed by atoms with E-state index in [1.807, 2.05) is 0 Å². The Morgan fingerprint density at radius 2 is 1.89 bits per heavy atom. The summed E-state index contributed by atoms with van der Waals surface area (Å²) in [6.07, 6.45) is 0. The molecule has 100 valence electrons. The van der Waals surface area contributed by atoms with Crippen LogP contribution in [0.15, 0.2) is 47.4 Å². The average molecular weight is 281 g/mol. The average Bonchev–Trinajstić information content (AvgIpc) is 2.32. The van der Waals surface area contributed by atoms with E-state index in [0.717, 1.165) is 6.07 Å². The van der Waals surface area contributed by atoms with Crippen molar-refractivity contribution >= 4 is 15.7 Å². The van der Waals surface area contributed by atoms with Crippen molar-refractivity contribution in [2.75, 3.05) is 4.72 Å². The van der Waals surface area contributed by atoms with Crippen LogP contribution in [-0.2, 0) is 10.0 Å². The Labute approximate surface area is 110 Å². The molecular formula is C13H12FNO3S. The zero-order chi connectivity index (χ0) is 14.0. The van der Waals surface area contributed by atoms with Gasteiger partial charge in [-0.2, -0.15) is 0 Å². The number of aryl methyl sites for hydroxylation is 1. The number of sulfonamides is 1. The van der Waals surface area contributed by atoms with Gasteiger partial charge in [-0.25, -0.2) is 12.8 Å². The number of hydrogen-bond donors (Lipinski definition) is 2. The van der Waals surface area contributed by atoms with E-state index in [9.17, 15) is 17.9 Å². The van der Waals surface area contributed by atoms with Crippen LogP contribution in [0, 0.1) is 12.7 Å². The first-order valence-corrected chi connectivity index (χ1v) is 6.95. The Hall–Kier alpha value is -2.08. The molecule has 6 heteroatoms. The maximum Gasteiger partial charge on any atom is 0.261 e. The second-order valence-electron chi connectivity index (χ2n) is 4.07. The Kier molecular flexibility index (Phi) is 3.44. The summed E-state index contributed by atoms with van der Waals surface area (Å²) in [5.41, 5.74) is 0.487. The van der Waals surface area contributed by atoms with Gasteiger partial charge < -0.3 is 5.11 Å². The Morgan fingerprint density at radius 3 is 2.53 bits per heavy atom. The van der Waals surface area contributed by atoms with E-state index in [1.165, 1.54) is 43.3 Å². The van der Waals surface area contributed by atoms with Crippen molar-refractivity contribution in [1.29, 1.82) is 0 Å². The van der Waals surface area contributed by atoms with E-state index < -0.39 is 15.8 Å². The van der Waals surface area contributed by atoms with E-state index in [2.05, 4.69) is 4.72 Å². The Bertz CT molecular complexity index is 714. The van der Waals surface area contributed by atoms with Crippen LogP contribution in [-0.4, -0.2) is 13.5 Å². The highest BCUT2D eigenvalue weighted by Crippen LogP contribution is 2.21. The summed E-state index contributed by atoms with van der Waals surface area (Å²) in [5.74, 6) is -0.508. The molecule has 0 fully saturated rings. The summed E-state index contributed by atoms with van der Waals surface area (Å²) < 4.78 is 39.6. The zero-order valence-corrected chi connectivity index (χ0v) is 10.9. The second kappa shape index (κ2) is 4.89. The van der Waals surface area contributed by atoms with Crippen LogP contribution < -0.4 is 4.72 Å². The van der Waals surface area contributed by atoms with Gasteiger partial charge >= 0.3 is 0 Å². The lowest BCUT2D eigenvalue weighted by atomic mass is 10.2. The van der Waals surface area contributed by atoms with E-state index in [4.69, 9.17) is 0 Å². The number of halogens is 1. The molecule has 0 aliphatic rings. The van der Waals surface area contributed by atoms with Gasteiger partial charge in [-0.1, -0.05) is 6.07 Å². The largest absolute Gasteiger partial charge is 0.508 e. The highest BCUT2D eigenvalue weighted by molar-refractivity contribution is 7.92. The fraction of sp³-hybridized carbons (Fsp3) is 0.0769. The van der Waals surface area contributed by atoms with E-state index in [1.54, 1.807) is 0 Å². The van der Waals surface area contributed by atoms with Gasteiger partial charge in [-0.3, -0.25) is 4.72 Å². The van der Waals surface area contributed by atoms with Crippen LogP contribution in [0.4, 0.5) is 10.1 Å². The highest BCUT2D eigenvalue weighted by Gasteiger charge is 2.15. The maximum absolute atomic E-state index is 13.1. The lowest BCUT2D eigenvalue weighted by Gasteiger charge is -2.09. The monoisotopic (exact) mass is 281 g/mol. The van der Waals surface area contributed by atoms with Crippen LogP contribution in [0.2, 0.25) is 0 Å². The molecule has 0 heterocycles. The smallest absolute Gasteiger partial charge is 0.261 e. The van der Waals surface area contributed by atoms with Gasteiger partial charge in [0, 0.05) is 6.07 Å². The van der Waals surface area contributed by atoms with E-state index in [0.29, 0.717) is 0 Å². The van der Waals surface area contributed by atoms with Crippen molar-refractivity contribution in [1.82, 2.24) is 0 Å². The van der Waals surface area contributed by atoms with Crippen molar-refractivity contribution in [3.8, 4) is 5.75 Å². The van der Waals surface area contributed by atoms with Gasteiger partial charge in [0.1, 0.15) is 11.6 Å². The first-order valence-electron chi connectivity index (χ1n) is 5.46. The van der Waals surface area contributed by atoms with Crippen LogP contribution >= 0.6 is 0 Å². The van der Waals surface area contributed by atoms with E-state index in [-0.39, 0.29) is 21.9 Å². The molecule has 0 unspecified atom stereocenters. The summed E-state index contributed by atoms with van der Waals surface area (Å²) in [4.78, 5) is -0.0326. The number of nitrogens with one attached hydrogen (secondary N) is 1. The molecule has 2 aromatic rings. The summed E-state index contributed by atoms with van der Waals surface area (Å²) >= 11 is 0. The second-order valence-corrected chi connectivity index (χ2v) is 5.75. The molecule has 0 bridgehead atoms. The number of benzene rings is 2. The predicted molar refractivity (Wildman–Crippen MR) is 70.1 cm³/mol. The zero-order valence-electron chi connectivity index (χ0n) is 10.1. The van der Waals surface area contributed by atoms with Crippen LogP contribution in [0.5, 0.6) is 5.75 Å². The number of anilines is 1. The van der Waals surface area contributed by atoms with Crippen molar-refractivity contribution in [3.63, 3.8) is 0 Å². The summed E-state index contributed by atoms with van der Waals surface area (Å²) in [7, 11) is -3.80. The summed E-state index contributed by atoms with van der Waals surface area (Å²) in [6, 6.07) is 9.28. The van der Waals surface area contributed by atoms with Gasteiger partial charge in [0.15, 0.2) is 0 Å². The number of hydrogen-bond acceptors (Lipinski definition) is 3. The third kappa shape index (κ3) is 3.03. The summed E-state index contributed by atoms with van der Waals surface area (Å²) in [6.45, 7) is 1.49. The fourth-order valence-corrected chi connectivity index (χ4v) is 2.70. The number of phenolic OH excluding ortho intramolecular Hbond substituents is 1. The minimum absolute atomic E-state index is 0.0326.